The fraction of sp³-hybridized carbons (Fsp3) is 0.462. The van der Waals surface area contributed by atoms with Gasteiger partial charge in [-0.3, -0.25) is 4.79 Å². The van der Waals surface area contributed by atoms with Gasteiger partial charge in [-0.15, -0.1) is 0 Å². The normalized spacial score (nSPS) is 19.2. The molecule has 1 unspecified atom stereocenters. The van der Waals surface area contributed by atoms with Crippen LogP contribution >= 0.6 is 0 Å². The Morgan fingerprint density at radius 3 is 2.95 bits per heavy atom. The summed E-state index contributed by atoms with van der Waals surface area (Å²) in [6.45, 7) is 2.09. The standard InChI is InChI=1S/C13H16F2N2O2/c14-11-2-1-9(5-12(11)15)7-17-13(18)6-10-8-19-4-3-16-10/h1-2,5,10,16H,3-4,6-8H2,(H,17,18). The number of carbonyl (C=O) groups excluding carboxylic acids is 1. The number of hydrogen-bond donors (Lipinski definition) is 2. The first kappa shape index (κ1) is 13.9. The van der Waals surface area contributed by atoms with Crippen LogP contribution in [0.1, 0.15) is 12.0 Å². The molecule has 0 saturated carbocycles. The van der Waals surface area contributed by atoms with Crippen molar-refractivity contribution in [2.45, 2.75) is 19.0 Å². The summed E-state index contributed by atoms with van der Waals surface area (Å²) in [4.78, 5) is 11.7. The van der Waals surface area contributed by atoms with E-state index in [-0.39, 0.29) is 18.5 Å². The molecule has 104 valence electrons. The second-order valence-electron chi connectivity index (χ2n) is 4.46. The van der Waals surface area contributed by atoms with Crippen LogP contribution < -0.4 is 10.6 Å². The molecule has 1 amide bonds. The smallest absolute Gasteiger partial charge is 0.221 e. The van der Waals surface area contributed by atoms with Crippen molar-refractivity contribution in [1.82, 2.24) is 10.6 Å². The van der Waals surface area contributed by atoms with Crippen LogP contribution in [-0.2, 0) is 16.1 Å². The number of morpholine rings is 1. The minimum Gasteiger partial charge on any atom is -0.378 e. The van der Waals surface area contributed by atoms with Crippen LogP contribution in [0, 0.1) is 11.6 Å². The molecular weight excluding hydrogens is 254 g/mol. The Hall–Kier alpha value is -1.53. The first-order chi connectivity index (χ1) is 9.15. The Morgan fingerprint density at radius 1 is 1.42 bits per heavy atom. The maximum absolute atomic E-state index is 13.0. The van der Waals surface area contributed by atoms with Crippen LogP contribution in [0.25, 0.3) is 0 Å². The van der Waals surface area contributed by atoms with Crippen molar-refractivity contribution in [3.05, 3.63) is 35.4 Å². The Balaban J connectivity index is 1.77. The second kappa shape index (κ2) is 6.58. The Morgan fingerprint density at radius 2 is 2.26 bits per heavy atom. The molecule has 6 heteroatoms. The molecule has 1 atom stereocenters. The molecule has 0 bridgehead atoms. The van der Waals surface area contributed by atoms with Crippen molar-refractivity contribution in [2.75, 3.05) is 19.8 Å². The summed E-state index contributed by atoms with van der Waals surface area (Å²) in [6, 6.07) is 3.59. The van der Waals surface area contributed by atoms with Gasteiger partial charge in [0.15, 0.2) is 11.6 Å². The van der Waals surface area contributed by atoms with Gasteiger partial charge >= 0.3 is 0 Å². The molecule has 2 rings (SSSR count). The zero-order valence-electron chi connectivity index (χ0n) is 10.4. The van der Waals surface area contributed by atoms with E-state index in [1.807, 2.05) is 0 Å². The number of halogens is 2. The maximum Gasteiger partial charge on any atom is 0.221 e. The molecule has 1 fully saturated rings. The molecule has 0 aromatic heterocycles. The summed E-state index contributed by atoms with van der Waals surface area (Å²) in [7, 11) is 0. The second-order valence-corrected chi connectivity index (χ2v) is 4.46. The monoisotopic (exact) mass is 270 g/mol. The first-order valence-corrected chi connectivity index (χ1v) is 6.17. The molecule has 19 heavy (non-hydrogen) atoms. The lowest BCUT2D eigenvalue weighted by molar-refractivity contribution is -0.122. The number of ether oxygens (including phenoxy) is 1. The van der Waals surface area contributed by atoms with E-state index in [1.54, 1.807) is 0 Å². The van der Waals surface area contributed by atoms with E-state index in [9.17, 15) is 13.6 Å². The van der Waals surface area contributed by atoms with Crippen LogP contribution in [0.4, 0.5) is 8.78 Å². The van der Waals surface area contributed by atoms with E-state index in [0.29, 0.717) is 25.2 Å². The summed E-state index contributed by atoms with van der Waals surface area (Å²) >= 11 is 0. The number of benzene rings is 1. The fourth-order valence-corrected chi connectivity index (χ4v) is 1.90. The van der Waals surface area contributed by atoms with Crippen molar-refractivity contribution in [1.29, 1.82) is 0 Å². The zero-order valence-corrected chi connectivity index (χ0v) is 10.4. The lowest BCUT2D eigenvalue weighted by atomic mass is 10.1. The Labute approximate surface area is 110 Å². The van der Waals surface area contributed by atoms with Gasteiger partial charge < -0.3 is 15.4 Å². The van der Waals surface area contributed by atoms with Crippen LogP contribution in [0.3, 0.4) is 0 Å². The molecule has 1 aromatic carbocycles. The summed E-state index contributed by atoms with van der Waals surface area (Å²) in [6.07, 6.45) is 0.309. The van der Waals surface area contributed by atoms with Crippen molar-refractivity contribution in [2.24, 2.45) is 0 Å². The van der Waals surface area contributed by atoms with E-state index < -0.39 is 11.6 Å². The van der Waals surface area contributed by atoms with Gasteiger partial charge in [0, 0.05) is 25.6 Å². The molecule has 1 aliphatic heterocycles. The quantitative estimate of drug-likeness (QED) is 0.857. The van der Waals surface area contributed by atoms with Gasteiger partial charge in [-0.05, 0) is 17.7 Å². The third kappa shape index (κ3) is 4.25. The third-order valence-corrected chi connectivity index (χ3v) is 2.90. The molecule has 0 spiro atoms. The Bertz CT molecular complexity index is 448. The van der Waals surface area contributed by atoms with Gasteiger partial charge in [-0.1, -0.05) is 6.07 Å². The Kier molecular flexibility index (Phi) is 4.81. The van der Waals surface area contributed by atoms with Gasteiger partial charge in [0.2, 0.25) is 5.91 Å². The number of hydrogen-bond acceptors (Lipinski definition) is 3. The third-order valence-electron chi connectivity index (χ3n) is 2.90. The number of carbonyl (C=O) groups is 1. The minimum atomic E-state index is -0.908. The van der Waals surface area contributed by atoms with Gasteiger partial charge in [0.1, 0.15) is 0 Å². The van der Waals surface area contributed by atoms with Crippen molar-refractivity contribution in [3.63, 3.8) is 0 Å². The molecular formula is C13H16F2N2O2. The lowest BCUT2D eigenvalue weighted by Crippen LogP contribution is -2.44. The largest absolute Gasteiger partial charge is 0.378 e. The summed E-state index contributed by atoms with van der Waals surface area (Å²) < 4.78 is 30.9. The van der Waals surface area contributed by atoms with Crippen molar-refractivity contribution >= 4 is 5.91 Å². The highest BCUT2D eigenvalue weighted by Crippen LogP contribution is 2.08. The summed E-state index contributed by atoms with van der Waals surface area (Å²) in [5.41, 5.74) is 0.528. The average molecular weight is 270 g/mol. The summed E-state index contributed by atoms with van der Waals surface area (Å²) in [5.74, 6) is -1.94. The fourth-order valence-electron chi connectivity index (χ4n) is 1.90. The van der Waals surface area contributed by atoms with E-state index in [4.69, 9.17) is 4.74 Å². The molecule has 0 radical (unpaired) electrons. The minimum absolute atomic E-state index is 0.0127. The summed E-state index contributed by atoms with van der Waals surface area (Å²) in [5, 5.41) is 5.84. The van der Waals surface area contributed by atoms with Crippen molar-refractivity contribution in [3.8, 4) is 0 Å². The molecule has 0 aliphatic carbocycles. The van der Waals surface area contributed by atoms with Gasteiger partial charge in [-0.25, -0.2) is 8.78 Å². The van der Waals surface area contributed by atoms with Gasteiger partial charge in [0.25, 0.3) is 0 Å². The SMILES string of the molecule is O=C(CC1COCCN1)NCc1ccc(F)c(F)c1. The average Bonchev–Trinajstić information content (AvgIpc) is 2.41. The predicted molar refractivity (Wildman–Crippen MR) is 65.4 cm³/mol. The van der Waals surface area contributed by atoms with E-state index >= 15 is 0 Å². The molecule has 2 N–H and O–H groups in total. The molecule has 1 saturated heterocycles. The zero-order chi connectivity index (χ0) is 13.7. The first-order valence-electron chi connectivity index (χ1n) is 6.17. The van der Waals surface area contributed by atoms with Gasteiger partial charge in [-0.2, -0.15) is 0 Å². The van der Waals surface area contributed by atoms with Crippen LogP contribution in [0.5, 0.6) is 0 Å². The number of rotatable bonds is 4. The molecule has 1 aliphatic rings. The van der Waals surface area contributed by atoms with Crippen LogP contribution in [0.15, 0.2) is 18.2 Å². The predicted octanol–water partition coefficient (Wildman–Crippen LogP) is 0.960. The topological polar surface area (TPSA) is 50.4 Å². The van der Waals surface area contributed by atoms with E-state index in [0.717, 1.165) is 18.7 Å². The molecule has 1 aromatic rings. The van der Waals surface area contributed by atoms with E-state index in [2.05, 4.69) is 10.6 Å². The number of amides is 1. The lowest BCUT2D eigenvalue weighted by Gasteiger charge is -2.23. The molecule has 1 heterocycles. The van der Waals surface area contributed by atoms with Crippen molar-refractivity contribution < 1.29 is 18.3 Å². The van der Waals surface area contributed by atoms with Crippen LogP contribution in [0.2, 0.25) is 0 Å². The van der Waals surface area contributed by atoms with E-state index in [1.165, 1.54) is 6.07 Å². The highest BCUT2D eigenvalue weighted by molar-refractivity contribution is 5.76. The van der Waals surface area contributed by atoms with Gasteiger partial charge in [0.05, 0.1) is 13.2 Å². The maximum atomic E-state index is 13.0. The highest BCUT2D eigenvalue weighted by Gasteiger charge is 2.16. The molecule has 4 nitrogen and oxygen atoms in total. The number of nitrogens with one attached hydrogen (secondary N) is 2. The highest BCUT2D eigenvalue weighted by atomic mass is 19.2. The van der Waals surface area contributed by atoms with Crippen LogP contribution in [-0.4, -0.2) is 31.7 Å².